The van der Waals surface area contributed by atoms with E-state index in [4.69, 9.17) is 4.74 Å². The minimum atomic E-state index is -0.905. The van der Waals surface area contributed by atoms with Gasteiger partial charge in [0.25, 0.3) is 0 Å². The number of hydrogen-bond donors (Lipinski definition) is 2. The van der Waals surface area contributed by atoms with Gasteiger partial charge in [-0.3, -0.25) is 0 Å². The second kappa shape index (κ2) is 8.99. The van der Waals surface area contributed by atoms with Gasteiger partial charge >= 0.3 is 0 Å². The maximum atomic E-state index is 10.7. The van der Waals surface area contributed by atoms with Crippen molar-refractivity contribution in [1.29, 1.82) is 0 Å². The first kappa shape index (κ1) is 20.0. The van der Waals surface area contributed by atoms with Gasteiger partial charge in [0.1, 0.15) is 18.5 Å². The summed E-state index contributed by atoms with van der Waals surface area (Å²) in [5.74, 6) is 0.800. The standard InChI is InChI=1S/C24H24BrNO3/c25-20-10-4-9-19(14-20)23(21(28)15-27)26-13-12-18-8-5-11-22(24(18)26)29-16-17-6-2-1-3-7-17/h1-11,14,21,23,27-28H,12-13,15-16H2/t21-,23-/m1/s1. The molecule has 3 aromatic carbocycles. The molecule has 4 nitrogen and oxygen atoms in total. The number of aliphatic hydroxyl groups is 2. The molecule has 0 aliphatic carbocycles. The largest absolute Gasteiger partial charge is 0.487 e. The number of halogens is 1. The number of benzene rings is 3. The van der Waals surface area contributed by atoms with E-state index in [9.17, 15) is 10.2 Å². The van der Waals surface area contributed by atoms with Crippen LogP contribution in [0.1, 0.15) is 22.7 Å². The Morgan fingerprint density at radius 3 is 2.55 bits per heavy atom. The molecule has 0 fully saturated rings. The molecule has 150 valence electrons. The van der Waals surface area contributed by atoms with Crippen LogP contribution in [0.4, 0.5) is 5.69 Å². The quantitative estimate of drug-likeness (QED) is 0.553. The SMILES string of the molecule is OC[C@@H](O)[C@@H](c1cccc(Br)c1)N1CCc2cccc(OCc3ccccc3)c21. The van der Waals surface area contributed by atoms with E-state index in [1.165, 1.54) is 5.56 Å². The van der Waals surface area contributed by atoms with Gasteiger partial charge in [-0.15, -0.1) is 0 Å². The number of ether oxygens (including phenoxy) is 1. The molecule has 0 unspecified atom stereocenters. The molecular weight excluding hydrogens is 430 g/mol. The van der Waals surface area contributed by atoms with Crippen molar-refractivity contribution in [3.8, 4) is 5.75 Å². The molecule has 5 heteroatoms. The Bertz CT molecular complexity index is 963. The second-order valence-electron chi connectivity index (χ2n) is 7.23. The van der Waals surface area contributed by atoms with Crippen LogP contribution in [0, 0.1) is 0 Å². The molecule has 0 saturated heterocycles. The lowest BCUT2D eigenvalue weighted by Gasteiger charge is -2.34. The summed E-state index contributed by atoms with van der Waals surface area (Å²) in [6.07, 6.45) is -0.0296. The third kappa shape index (κ3) is 4.32. The molecule has 29 heavy (non-hydrogen) atoms. The Hall–Kier alpha value is -2.34. The lowest BCUT2D eigenvalue weighted by Crippen LogP contribution is -2.37. The zero-order valence-electron chi connectivity index (χ0n) is 16.0. The van der Waals surface area contributed by atoms with Crippen molar-refractivity contribution in [1.82, 2.24) is 0 Å². The Balaban J connectivity index is 1.68. The van der Waals surface area contributed by atoms with Gasteiger partial charge < -0.3 is 19.8 Å². The average Bonchev–Trinajstić information content (AvgIpc) is 3.17. The van der Waals surface area contributed by atoms with Crippen LogP contribution in [0.2, 0.25) is 0 Å². The van der Waals surface area contributed by atoms with Gasteiger partial charge in [0.15, 0.2) is 0 Å². The van der Waals surface area contributed by atoms with Crippen molar-refractivity contribution in [2.24, 2.45) is 0 Å². The van der Waals surface area contributed by atoms with Crippen molar-refractivity contribution >= 4 is 21.6 Å². The van der Waals surface area contributed by atoms with Crippen LogP contribution in [0.3, 0.4) is 0 Å². The van der Waals surface area contributed by atoms with E-state index in [2.05, 4.69) is 26.9 Å². The van der Waals surface area contributed by atoms with Crippen molar-refractivity contribution in [3.05, 3.63) is 94.0 Å². The molecule has 1 aliphatic rings. The summed E-state index contributed by atoms with van der Waals surface area (Å²) >= 11 is 3.52. The number of hydrogen-bond acceptors (Lipinski definition) is 4. The summed E-state index contributed by atoms with van der Waals surface area (Å²) < 4.78 is 7.14. The van der Waals surface area contributed by atoms with Gasteiger partial charge in [-0.2, -0.15) is 0 Å². The van der Waals surface area contributed by atoms with Crippen molar-refractivity contribution in [3.63, 3.8) is 0 Å². The predicted molar refractivity (Wildman–Crippen MR) is 118 cm³/mol. The molecule has 0 saturated carbocycles. The molecule has 2 N–H and O–H groups in total. The van der Waals surface area contributed by atoms with Crippen LogP contribution in [-0.4, -0.2) is 29.5 Å². The fraction of sp³-hybridized carbons (Fsp3) is 0.250. The molecular formula is C24H24BrNO3. The molecule has 0 radical (unpaired) electrons. The molecule has 4 rings (SSSR count). The smallest absolute Gasteiger partial charge is 0.143 e. The lowest BCUT2D eigenvalue weighted by molar-refractivity contribution is 0.0715. The lowest BCUT2D eigenvalue weighted by atomic mass is 9.99. The molecule has 3 aromatic rings. The average molecular weight is 454 g/mol. The number of fused-ring (bicyclic) bond motifs is 1. The highest BCUT2D eigenvalue weighted by Gasteiger charge is 2.34. The van der Waals surface area contributed by atoms with E-state index in [1.807, 2.05) is 66.7 Å². The van der Waals surface area contributed by atoms with E-state index < -0.39 is 6.10 Å². The fourth-order valence-electron chi connectivity index (χ4n) is 3.98. The van der Waals surface area contributed by atoms with Crippen LogP contribution >= 0.6 is 15.9 Å². The summed E-state index contributed by atoms with van der Waals surface area (Å²) in [5, 5.41) is 20.4. The molecule has 0 aromatic heterocycles. The summed E-state index contributed by atoms with van der Waals surface area (Å²) in [7, 11) is 0. The van der Waals surface area contributed by atoms with E-state index in [-0.39, 0.29) is 12.6 Å². The monoisotopic (exact) mass is 453 g/mol. The number of anilines is 1. The van der Waals surface area contributed by atoms with Gasteiger partial charge in [-0.05, 0) is 41.3 Å². The topological polar surface area (TPSA) is 52.9 Å². The Morgan fingerprint density at radius 2 is 1.79 bits per heavy atom. The van der Waals surface area contributed by atoms with Gasteiger partial charge in [-0.25, -0.2) is 0 Å². The zero-order valence-corrected chi connectivity index (χ0v) is 17.6. The van der Waals surface area contributed by atoms with Gasteiger partial charge in [0.2, 0.25) is 0 Å². The van der Waals surface area contributed by atoms with E-state index in [1.54, 1.807) is 0 Å². The van der Waals surface area contributed by atoms with Crippen LogP contribution in [0.5, 0.6) is 5.75 Å². The number of aliphatic hydroxyl groups excluding tert-OH is 2. The van der Waals surface area contributed by atoms with Crippen LogP contribution in [-0.2, 0) is 13.0 Å². The third-order valence-electron chi connectivity index (χ3n) is 5.31. The summed E-state index contributed by atoms with van der Waals surface area (Å²) in [6, 6.07) is 23.7. The molecule has 0 bridgehead atoms. The Kier molecular flexibility index (Phi) is 6.19. The van der Waals surface area contributed by atoms with Crippen molar-refractivity contribution in [2.45, 2.75) is 25.2 Å². The predicted octanol–water partition coefficient (Wildman–Crippen LogP) is 4.49. The highest BCUT2D eigenvalue weighted by Crippen LogP contribution is 2.43. The van der Waals surface area contributed by atoms with E-state index >= 15 is 0 Å². The maximum Gasteiger partial charge on any atom is 0.143 e. The first-order valence-corrected chi connectivity index (χ1v) is 10.6. The summed E-state index contributed by atoms with van der Waals surface area (Å²) in [4.78, 5) is 2.16. The normalized spacial score (nSPS) is 15.1. The van der Waals surface area contributed by atoms with Crippen LogP contribution in [0.25, 0.3) is 0 Å². The fourth-order valence-corrected chi connectivity index (χ4v) is 4.40. The molecule has 2 atom stereocenters. The number of nitrogens with zero attached hydrogens (tertiary/aromatic N) is 1. The number of para-hydroxylation sites is 1. The van der Waals surface area contributed by atoms with Crippen LogP contribution < -0.4 is 9.64 Å². The van der Waals surface area contributed by atoms with E-state index in [0.717, 1.165) is 40.0 Å². The molecule has 1 aliphatic heterocycles. The zero-order chi connectivity index (χ0) is 20.2. The van der Waals surface area contributed by atoms with Gasteiger partial charge in [0.05, 0.1) is 18.3 Å². The highest BCUT2D eigenvalue weighted by atomic mass is 79.9. The third-order valence-corrected chi connectivity index (χ3v) is 5.80. The van der Waals surface area contributed by atoms with Crippen molar-refractivity contribution in [2.75, 3.05) is 18.1 Å². The van der Waals surface area contributed by atoms with E-state index in [0.29, 0.717) is 6.61 Å². The summed E-state index contributed by atoms with van der Waals surface area (Å²) in [5.41, 5.74) is 4.25. The van der Waals surface area contributed by atoms with Gasteiger partial charge in [-0.1, -0.05) is 70.5 Å². The molecule has 1 heterocycles. The summed E-state index contributed by atoms with van der Waals surface area (Å²) in [6.45, 7) is 0.931. The van der Waals surface area contributed by atoms with Crippen molar-refractivity contribution < 1.29 is 14.9 Å². The molecule has 0 spiro atoms. The number of rotatable bonds is 7. The van der Waals surface area contributed by atoms with Gasteiger partial charge in [0, 0.05) is 11.0 Å². The second-order valence-corrected chi connectivity index (χ2v) is 8.15. The first-order chi connectivity index (χ1) is 14.2. The minimum absolute atomic E-state index is 0.309. The minimum Gasteiger partial charge on any atom is -0.487 e. The first-order valence-electron chi connectivity index (χ1n) is 9.77. The van der Waals surface area contributed by atoms with Crippen LogP contribution in [0.15, 0.2) is 77.3 Å². The Labute approximate surface area is 179 Å². The Morgan fingerprint density at radius 1 is 1.00 bits per heavy atom. The molecule has 0 amide bonds. The maximum absolute atomic E-state index is 10.7. The highest BCUT2D eigenvalue weighted by molar-refractivity contribution is 9.10.